The van der Waals surface area contributed by atoms with Crippen molar-refractivity contribution in [2.24, 2.45) is 0 Å². The molecule has 6 nitrogen and oxygen atoms in total. The van der Waals surface area contributed by atoms with Gasteiger partial charge in [-0.1, -0.05) is 17.7 Å². The fourth-order valence-corrected chi connectivity index (χ4v) is 3.37. The molecule has 3 aromatic rings. The van der Waals surface area contributed by atoms with E-state index in [-0.39, 0.29) is 5.56 Å². The van der Waals surface area contributed by atoms with E-state index in [0.29, 0.717) is 39.0 Å². The Morgan fingerprint density at radius 1 is 1.04 bits per heavy atom. The Labute approximate surface area is 161 Å². The van der Waals surface area contributed by atoms with Crippen LogP contribution in [0.25, 0.3) is 11.1 Å². The highest BCUT2D eigenvalue weighted by atomic mass is 35.5. The second kappa shape index (κ2) is 7.46. The maximum Gasteiger partial charge on any atom is 0.248 e. The van der Waals surface area contributed by atoms with Crippen LogP contribution in [-0.4, -0.2) is 19.7 Å². The molecule has 0 unspecified atom stereocenters. The van der Waals surface area contributed by atoms with E-state index in [0.717, 1.165) is 6.26 Å². The summed E-state index contributed by atoms with van der Waals surface area (Å²) >= 11 is 6.01. The molecule has 0 amide bonds. The monoisotopic (exact) mass is 404 g/mol. The number of H-pyrrole nitrogens is 1. The Morgan fingerprint density at radius 2 is 1.81 bits per heavy atom. The molecule has 0 fully saturated rings. The molecule has 2 N–H and O–H groups in total. The number of anilines is 1. The van der Waals surface area contributed by atoms with Crippen LogP contribution in [0.5, 0.6) is 11.5 Å². The highest BCUT2D eigenvalue weighted by molar-refractivity contribution is 7.92. The summed E-state index contributed by atoms with van der Waals surface area (Å²) in [5.41, 5.74) is 2.13. The zero-order valence-electron chi connectivity index (χ0n) is 14.6. The molecule has 0 radical (unpaired) electrons. The Balaban J connectivity index is 2.12. The number of aromatic nitrogens is 1. The summed E-state index contributed by atoms with van der Waals surface area (Å²) in [4.78, 5) is 14.3. The fraction of sp³-hybridized carbons (Fsp3) is 0.105. The minimum atomic E-state index is -3.44. The van der Waals surface area contributed by atoms with Crippen LogP contribution in [0.3, 0.4) is 0 Å². The number of sulfonamides is 1. The Bertz CT molecular complexity index is 1160. The van der Waals surface area contributed by atoms with Crippen LogP contribution in [0.15, 0.2) is 59.4 Å². The van der Waals surface area contributed by atoms with Crippen LogP contribution in [0, 0.1) is 6.92 Å². The Morgan fingerprint density at radius 3 is 2.48 bits per heavy atom. The second-order valence-corrected chi connectivity index (χ2v) is 8.19. The first kappa shape index (κ1) is 19.0. The molecule has 1 aromatic heterocycles. The standard InChI is InChI=1S/C19H17ClN2O4S/c1-12-16(7-9-19(23)21-12)17-11-14(22-27(2,24)25)6-8-18(17)26-15-5-3-4-13(20)10-15/h3-11,22H,1-2H3,(H,21,23). The van der Waals surface area contributed by atoms with Gasteiger partial charge in [0.25, 0.3) is 0 Å². The van der Waals surface area contributed by atoms with E-state index in [1.807, 2.05) is 0 Å². The van der Waals surface area contributed by atoms with Gasteiger partial charge in [-0.05, 0) is 49.4 Å². The van der Waals surface area contributed by atoms with Gasteiger partial charge in [0.1, 0.15) is 11.5 Å². The van der Waals surface area contributed by atoms with E-state index in [4.69, 9.17) is 16.3 Å². The van der Waals surface area contributed by atoms with Crippen LogP contribution in [0.4, 0.5) is 5.69 Å². The molecule has 0 aliphatic carbocycles. The number of hydrogen-bond donors (Lipinski definition) is 2. The molecule has 2 aromatic carbocycles. The Kier molecular flexibility index (Phi) is 5.25. The number of nitrogens with one attached hydrogen (secondary N) is 2. The Hall–Kier alpha value is -2.77. The number of benzene rings is 2. The summed E-state index contributed by atoms with van der Waals surface area (Å²) in [6, 6.07) is 14.9. The quantitative estimate of drug-likeness (QED) is 0.668. The molecule has 1 heterocycles. The second-order valence-electron chi connectivity index (χ2n) is 6.01. The highest BCUT2D eigenvalue weighted by Crippen LogP contribution is 2.37. The molecule has 8 heteroatoms. The topological polar surface area (TPSA) is 88.3 Å². The van der Waals surface area contributed by atoms with E-state index in [1.165, 1.54) is 6.07 Å². The molecular weight excluding hydrogens is 388 g/mol. The maximum atomic E-state index is 11.6. The average molecular weight is 405 g/mol. The van der Waals surface area contributed by atoms with Crippen molar-refractivity contribution in [3.63, 3.8) is 0 Å². The molecule has 0 bridgehead atoms. The van der Waals surface area contributed by atoms with Crippen molar-refractivity contribution >= 4 is 27.3 Å². The molecule has 0 saturated carbocycles. The van der Waals surface area contributed by atoms with Crippen LogP contribution in [0.2, 0.25) is 5.02 Å². The minimum Gasteiger partial charge on any atom is -0.457 e. The molecule has 0 aliphatic heterocycles. The van der Waals surface area contributed by atoms with E-state index in [9.17, 15) is 13.2 Å². The van der Waals surface area contributed by atoms with Crippen LogP contribution >= 0.6 is 11.6 Å². The smallest absolute Gasteiger partial charge is 0.248 e. The van der Waals surface area contributed by atoms with Gasteiger partial charge in [0.05, 0.1) is 6.26 Å². The fourth-order valence-electron chi connectivity index (χ4n) is 2.63. The average Bonchev–Trinajstić information content (AvgIpc) is 2.55. The number of aryl methyl sites for hydroxylation is 1. The van der Waals surface area contributed by atoms with Gasteiger partial charge in [0, 0.05) is 33.6 Å². The van der Waals surface area contributed by atoms with Crippen molar-refractivity contribution in [3.05, 3.63) is 75.7 Å². The first-order valence-corrected chi connectivity index (χ1v) is 10.2. The third-order valence-electron chi connectivity index (χ3n) is 3.71. The molecule has 0 atom stereocenters. The number of hydrogen-bond acceptors (Lipinski definition) is 4. The summed E-state index contributed by atoms with van der Waals surface area (Å²) in [6.07, 6.45) is 1.08. The summed E-state index contributed by atoms with van der Waals surface area (Å²) < 4.78 is 31.5. The van der Waals surface area contributed by atoms with Gasteiger partial charge in [-0.2, -0.15) is 0 Å². The minimum absolute atomic E-state index is 0.223. The molecule has 0 aliphatic rings. The summed E-state index contributed by atoms with van der Waals surface area (Å²) in [7, 11) is -3.44. The van der Waals surface area contributed by atoms with E-state index in [1.54, 1.807) is 55.5 Å². The van der Waals surface area contributed by atoms with Gasteiger partial charge >= 0.3 is 0 Å². The highest BCUT2D eigenvalue weighted by Gasteiger charge is 2.13. The molecule has 140 valence electrons. The lowest BCUT2D eigenvalue weighted by Gasteiger charge is -2.15. The van der Waals surface area contributed by atoms with Crippen LogP contribution in [-0.2, 0) is 10.0 Å². The lowest BCUT2D eigenvalue weighted by Crippen LogP contribution is -2.10. The molecule has 0 saturated heterocycles. The van der Waals surface area contributed by atoms with Gasteiger partial charge in [-0.15, -0.1) is 0 Å². The van der Waals surface area contributed by atoms with E-state index < -0.39 is 10.0 Å². The number of ether oxygens (including phenoxy) is 1. The molecule has 27 heavy (non-hydrogen) atoms. The first-order chi connectivity index (χ1) is 12.7. The van der Waals surface area contributed by atoms with Crippen molar-refractivity contribution in [2.45, 2.75) is 6.92 Å². The van der Waals surface area contributed by atoms with Gasteiger partial charge in [0.15, 0.2) is 0 Å². The first-order valence-electron chi connectivity index (χ1n) is 7.97. The largest absolute Gasteiger partial charge is 0.457 e. The van der Waals surface area contributed by atoms with Crippen molar-refractivity contribution in [2.75, 3.05) is 11.0 Å². The number of halogens is 1. The van der Waals surface area contributed by atoms with Crippen molar-refractivity contribution in [1.29, 1.82) is 0 Å². The summed E-state index contributed by atoms with van der Waals surface area (Å²) in [5.74, 6) is 1.03. The summed E-state index contributed by atoms with van der Waals surface area (Å²) in [6.45, 7) is 1.76. The van der Waals surface area contributed by atoms with Gasteiger partial charge < -0.3 is 9.72 Å². The predicted octanol–water partition coefficient (Wildman–Crippen LogP) is 4.17. The SMILES string of the molecule is Cc1[nH]c(=O)ccc1-c1cc(NS(C)(=O)=O)ccc1Oc1cccc(Cl)c1. The van der Waals surface area contributed by atoms with Crippen LogP contribution in [0.1, 0.15) is 5.69 Å². The third kappa shape index (κ3) is 4.90. The molecular formula is C19H17ClN2O4S. The third-order valence-corrected chi connectivity index (χ3v) is 4.55. The van der Waals surface area contributed by atoms with Gasteiger partial charge in [0.2, 0.25) is 15.6 Å². The van der Waals surface area contributed by atoms with Gasteiger partial charge in [-0.25, -0.2) is 8.42 Å². The van der Waals surface area contributed by atoms with E-state index >= 15 is 0 Å². The van der Waals surface area contributed by atoms with Crippen LogP contribution < -0.4 is 15.0 Å². The lowest BCUT2D eigenvalue weighted by molar-refractivity contribution is 0.484. The maximum absolute atomic E-state index is 11.6. The number of rotatable bonds is 5. The predicted molar refractivity (Wildman–Crippen MR) is 107 cm³/mol. The van der Waals surface area contributed by atoms with Crippen molar-refractivity contribution < 1.29 is 13.2 Å². The lowest BCUT2D eigenvalue weighted by atomic mass is 10.0. The van der Waals surface area contributed by atoms with Gasteiger partial charge in [-0.3, -0.25) is 9.52 Å². The summed E-state index contributed by atoms with van der Waals surface area (Å²) in [5, 5.41) is 0.532. The zero-order chi connectivity index (χ0) is 19.6. The molecule has 0 spiro atoms. The van der Waals surface area contributed by atoms with Crippen molar-refractivity contribution in [3.8, 4) is 22.6 Å². The van der Waals surface area contributed by atoms with E-state index in [2.05, 4.69) is 9.71 Å². The zero-order valence-corrected chi connectivity index (χ0v) is 16.2. The molecule has 3 rings (SSSR count). The number of aromatic amines is 1. The van der Waals surface area contributed by atoms with Crippen molar-refractivity contribution in [1.82, 2.24) is 4.98 Å². The number of pyridine rings is 1. The normalized spacial score (nSPS) is 11.2.